The van der Waals surface area contributed by atoms with Crippen molar-refractivity contribution < 1.29 is 14.3 Å². The number of hydrogen-bond acceptors (Lipinski definition) is 4. The monoisotopic (exact) mass is 319 g/mol. The lowest BCUT2D eigenvalue weighted by Crippen LogP contribution is -2.35. The molecule has 1 heterocycles. The molecule has 1 aromatic carbocycles. The zero-order chi connectivity index (χ0) is 17.0. The molecule has 2 unspecified atom stereocenters. The molecule has 1 saturated heterocycles. The number of hydrogen-bond donors (Lipinski definition) is 2. The van der Waals surface area contributed by atoms with Gasteiger partial charge in [0.25, 0.3) is 0 Å². The SMILES string of the molecule is COc1ccc(C)cc1N1CC(C(=O)NCCC(C)N)CC1=O. The molecule has 23 heavy (non-hydrogen) atoms. The number of amides is 2. The molecule has 1 aliphatic rings. The van der Waals surface area contributed by atoms with E-state index in [1.54, 1.807) is 12.0 Å². The van der Waals surface area contributed by atoms with Crippen molar-refractivity contribution in [2.75, 3.05) is 25.1 Å². The molecule has 1 aromatic rings. The minimum atomic E-state index is -0.333. The topological polar surface area (TPSA) is 84.7 Å². The lowest BCUT2D eigenvalue weighted by atomic mass is 10.1. The van der Waals surface area contributed by atoms with Gasteiger partial charge in [0.1, 0.15) is 5.75 Å². The van der Waals surface area contributed by atoms with Gasteiger partial charge in [-0.05, 0) is 38.0 Å². The molecular formula is C17H25N3O3. The third-order valence-corrected chi connectivity index (χ3v) is 4.02. The van der Waals surface area contributed by atoms with Crippen molar-refractivity contribution in [1.82, 2.24) is 5.32 Å². The van der Waals surface area contributed by atoms with Crippen molar-refractivity contribution in [3.63, 3.8) is 0 Å². The number of methoxy groups -OCH3 is 1. The summed E-state index contributed by atoms with van der Waals surface area (Å²) in [7, 11) is 1.58. The van der Waals surface area contributed by atoms with E-state index in [0.717, 1.165) is 17.7 Å². The van der Waals surface area contributed by atoms with E-state index in [9.17, 15) is 9.59 Å². The molecule has 2 atom stereocenters. The first kappa shape index (κ1) is 17.3. The van der Waals surface area contributed by atoms with Gasteiger partial charge in [0.15, 0.2) is 0 Å². The van der Waals surface area contributed by atoms with Crippen LogP contribution in [0.4, 0.5) is 5.69 Å². The number of nitrogens with two attached hydrogens (primary N) is 1. The van der Waals surface area contributed by atoms with Gasteiger partial charge in [-0.1, -0.05) is 6.07 Å². The Morgan fingerprint density at radius 3 is 2.91 bits per heavy atom. The molecule has 0 bridgehead atoms. The summed E-state index contributed by atoms with van der Waals surface area (Å²) in [4.78, 5) is 26.2. The average molecular weight is 319 g/mol. The molecule has 0 radical (unpaired) electrons. The third-order valence-electron chi connectivity index (χ3n) is 4.02. The number of rotatable bonds is 6. The highest BCUT2D eigenvalue weighted by molar-refractivity contribution is 6.01. The number of benzene rings is 1. The molecule has 1 fully saturated rings. The van der Waals surface area contributed by atoms with Crippen molar-refractivity contribution in [2.45, 2.75) is 32.7 Å². The number of aryl methyl sites for hydroxylation is 1. The highest BCUT2D eigenvalue weighted by Crippen LogP contribution is 2.33. The molecule has 0 aromatic heterocycles. The van der Waals surface area contributed by atoms with Crippen molar-refractivity contribution in [2.24, 2.45) is 11.7 Å². The van der Waals surface area contributed by atoms with E-state index in [1.807, 2.05) is 32.0 Å². The van der Waals surface area contributed by atoms with Crippen LogP contribution in [-0.4, -0.2) is 38.1 Å². The summed E-state index contributed by atoms with van der Waals surface area (Å²) < 4.78 is 5.34. The van der Waals surface area contributed by atoms with Gasteiger partial charge in [0, 0.05) is 25.6 Å². The normalized spacial score (nSPS) is 18.9. The minimum Gasteiger partial charge on any atom is -0.495 e. The number of carbonyl (C=O) groups is 2. The molecule has 1 aliphatic heterocycles. The largest absolute Gasteiger partial charge is 0.495 e. The quantitative estimate of drug-likeness (QED) is 0.825. The predicted octanol–water partition coefficient (Wildman–Crippen LogP) is 1.21. The Morgan fingerprint density at radius 2 is 2.26 bits per heavy atom. The lowest BCUT2D eigenvalue weighted by Gasteiger charge is -2.20. The van der Waals surface area contributed by atoms with E-state index in [1.165, 1.54) is 0 Å². The fourth-order valence-electron chi connectivity index (χ4n) is 2.69. The van der Waals surface area contributed by atoms with Crippen LogP contribution in [0.5, 0.6) is 5.75 Å². The summed E-state index contributed by atoms with van der Waals surface area (Å²) in [5, 5.41) is 2.86. The Labute approximate surface area is 137 Å². The highest BCUT2D eigenvalue weighted by atomic mass is 16.5. The van der Waals surface area contributed by atoms with Crippen LogP contribution in [0.3, 0.4) is 0 Å². The van der Waals surface area contributed by atoms with E-state index < -0.39 is 0 Å². The van der Waals surface area contributed by atoms with Crippen LogP contribution in [0, 0.1) is 12.8 Å². The number of carbonyl (C=O) groups excluding carboxylic acids is 2. The zero-order valence-corrected chi connectivity index (χ0v) is 14.0. The first-order valence-corrected chi connectivity index (χ1v) is 7.90. The van der Waals surface area contributed by atoms with Gasteiger partial charge in [-0.2, -0.15) is 0 Å². The fraction of sp³-hybridized carbons (Fsp3) is 0.529. The molecular weight excluding hydrogens is 294 g/mol. The molecule has 2 rings (SSSR count). The molecule has 6 nitrogen and oxygen atoms in total. The van der Waals surface area contributed by atoms with E-state index in [2.05, 4.69) is 5.32 Å². The first-order valence-electron chi connectivity index (χ1n) is 7.90. The van der Waals surface area contributed by atoms with Gasteiger partial charge in [-0.25, -0.2) is 0 Å². The lowest BCUT2D eigenvalue weighted by molar-refractivity contribution is -0.126. The summed E-state index contributed by atoms with van der Waals surface area (Å²) in [5.41, 5.74) is 7.44. The van der Waals surface area contributed by atoms with Crippen LogP contribution in [0.25, 0.3) is 0 Å². The molecule has 6 heteroatoms. The number of nitrogens with zero attached hydrogens (tertiary/aromatic N) is 1. The Kier molecular flexibility index (Phi) is 5.60. The van der Waals surface area contributed by atoms with Crippen LogP contribution in [0.2, 0.25) is 0 Å². The van der Waals surface area contributed by atoms with Gasteiger partial charge in [0.2, 0.25) is 11.8 Å². The summed E-state index contributed by atoms with van der Waals surface area (Å²) in [6.07, 6.45) is 0.947. The van der Waals surface area contributed by atoms with Crippen LogP contribution >= 0.6 is 0 Å². The number of ether oxygens (including phenoxy) is 1. The van der Waals surface area contributed by atoms with E-state index in [-0.39, 0.29) is 30.2 Å². The van der Waals surface area contributed by atoms with Crippen LogP contribution in [-0.2, 0) is 9.59 Å². The second-order valence-electron chi connectivity index (χ2n) is 6.14. The predicted molar refractivity (Wildman–Crippen MR) is 89.5 cm³/mol. The molecule has 3 N–H and O–H groups in total. The second-order valence-corrected chi connectivity index (χ2v) is 6.14. The first-order chi connectivity index (χ1) is 10.9. The van der Waals surface area contributed by atoms with Gasteiger partial charge >= 0.3 is 0 Å². The van der Waals surface area contributed by atoms with E-state index in [4.69, 9.17) is 10.5 Å². The molecule has 0 aliphatic carbocycles. The molecule has 0 spiro atoms. The van der Waals surface area contributed by atoms with Crippen LogP contribution < -0.4 is 20.7 Å². The third kappa shape index (κ3) is 4.22. The van der Waals surface area contributed by atoms with E-state index >= 15 is 0 Å². The fourth-order valence-corrected chi connectivity index (χ4v) is 2.69. The Morgan fingerprint density at radius 1 is 1.52 bits per heavy atom. The summed E-state index contributed by atoms with van der Waals surface area (Å²) in [6.45, 7) is 4.77. The van der Waals surface area contributed by atoms with Crippen molar-refractivity contribution in [1.29, 1.82) is 0 Å². The smallest absolute Gasteiger partial charge is 0.227 e. The standard InChI is InChI=1S/C17H25N3O3/c1-11-4-5-15(23-3)14(8-11)20-10-13(9-16(20)21)17(22)19-7-6-12(2)18/h4-5,8,12-13H,6-7,9-10,18H2,1-3H3,(H,19,22). The van der Waals surface area contributed by atoms with Gasteiger partial charge in [-0.15, -0.1) is 0 Å². The van der Waals surface area contributed by atoms with Gasteiger partial charge in [0.05, 0.1) is 18.7 Å². The summed E-state index contributed by atoms with van der Waals surface area (Å²) in [6, 6.07) is 5.73. The van der Waals surface area contributed by atoms with Crippen molar-refractivity contribution in [3.8, 4) is 5.75 Å². The van der Waals surface area contributed by atoms with Gasteiger partial charge < -0.3 is 20.7 Å². The number of anilines is 1. The Bertz CT molecular complexity index is 586. The molecule has 126 valence electrons. The maximum atomic E-state index is 12.3. The van der Waals surface area contributed by atoms with Crippen molar-refractivity contribution in [3.05, 3.63) is 23.8 Å². The zero-order valence-electron chi connectivity index (χ0n) is 14.0. The van der Waals surface area contributed by atoms with E-state index in [0.29, 0.717) is 18.8 Å². The molecule has 0 saturated carbocycles. The highest BCUT2D eigenvalue weighted by Gasteiger charge is 2.36. The van der Waals surface area contributed by atoms with Crippen LogP contribution in [0.1, 0.15) is 25.3 Å². The maximum Gasteiger partial charge on any atom is 0.227 e. The summed E-state index contributed by atoms with van der Waals surface area (Å²) in [5.74, 6) is 0.164. The Balaban J connectivity index is 2.05. The summed E-state index contributed by atoms with van der Waals surface area (Å²) >= 11 is 0. The molecule has 2 amide bonds. The van der Waals surface area contributed by atoms with Crippen LogP contribution in [0.15, 0.2) is 18.2 Å². The minimum absolute atomic E-state index is 0.0496. The second kappa shape index (κ2) is 7.46. The van der Waals surface area contributed by atoms with Crippen molar-refractivity contribution >= 4 is 17.5 Å². The average Bonchev–Trinajstić information content (AvgIpc) is 2.88. The van der Waals surface area contributed by atoms with Gasteiger partial charge in [-0.3, -0.25) is 9.59 Å². The Hall–Kier alpha value is -2.08. The maximum absolute atomic E-state index is 12.3. The number of nitrogens with one attached hydrogen (secondary N) is 1.